The number of nitrogens with zero attached hydrogens (tertiary/aromatic N) is 1. The highest BCUT2D eigenvalue weighted by Gasteiger charge is 2.28. The van der Waals surface area contributed by atoms with E-state index < -0.39 is 5.97 Å². The highest BCUT2D eigenvalue weighted by atomic mass is 16.5. The lowest BCUT2D eigenvalue weighted by Crippen LogP contribution is -2.31. The summed E-state index contributed by atoms with van der Waals surface area (Å²) in [6.07, 6.45) is 4.70. The van der Waals surface area contributed by atoms with Gasteiger partial charge >= 0.3 is 11.9 Å². The quantitative estimate of drug-likeness (QED) is 0.704. The van der Waals surface area contributed by atoms with Crippen LogP contribution < -0.4 is 10.1 Å². The number of benzene rings is 1. The summed E-state index contributed by atoms with van der Waals surface area (Å²) in [5.74, 6) is 0.0727. The molecule has 1 aliphatic carbocycles. The maximum absolute atomic E-state index is 12.5. The summed E-state index contributed by atoms with van der Waals surface area (Å²) in [5, 5.41) is 4.33. The summed E-state index contributed by atoms with van der Waals surface area (Å²) >= 11 is 0. The third kappa shape index (κ3) is 4.60. The number of methoxy groups -OCH3 is 1. The number of esters is 2. The van der Waals surface area contributed by atoms with Gasteiger partial charge in [0.1, 0.15) is 16.8 Å². The van der Waals surface area contributed by atoms with Crippen molar-refractivity contribution in [1.82, 2.24) is 4.98 Å². The second-order valence-corrected chi connectivity index (χ2v) is 7.07. The number of rotatable bonds is 7. The molecule has 29 heavy (non-hydrogen) atoms. The van der Waals surface area contributed by atoms with Crippen LogP contribution in [-0.4, -0.2) is 43.3 Å². The number of fused-ring (bicyclic) bond motifs is 1. The fraction of sp³-hybridized carbons (Fsp3) is 0.500. The highest BCUT2D eigenvalue weighted by Crippen LogP contribution is 2.35. The molecule has 0 bridgehead atoms. The van der Waals surface area contributed by atoms with Crippen LogP contribution in [0.2, 0.25) is 0 Å². The predicted molar refractivity (Wildman–Crippen MR) is 110 cm³/mol. The molecule has 1 N–H and O–H groups in total. The summed E-state index contributed by atoms with van der Waals surface area (Å²) in [6.45, 7) is 4.30. The zero-order valence-corrected chi connectivity index (χ0v) is 17.2. The van der Waals surface area contributed by atoms with Gasteiger partial charge in [-0.3, -0.25) is 9.78 Å². The van der Waals surface area contributed by atoms with Gasteiger partial charge in [-0.05, 0) is 45.6 Å². The molecule has 0 unspecified atom stereocenters. The lowest BCUT2D eigenvalue weighted by Gasteiger charge is -2.29. The average Bonchev–Trinajstić information content (AvgIpc) is 2.74. The van der Waals surface area contributed by atoms with Gasteiger partial charge < -0.3 is 19.5 Å². The molecule has 7 heteroatoms. The summed E-state index contributed by atoms with van der Waals surface area (Å²) in [4.78, 5) is 29.0. The van der Waals surface area contributed by atoms with Crippen molar-refractivity contribution >= 4 is 28.5 Å². The van der Waals surface area contributed by atoms with E-state index in [1.807, 2.05) is 25.1 Å². The molecule has 1 saturated carbocycles. The molecule has 1 heterocycles. The molecular formula is C22H28N2O5. The van der Waals surface area contributed by atoms with Gasteiger partial charge in [0.25, 0.3) is 0 Å². The van der Waals surface area contributed by atoms with Crippen molar-refractivity contribution in [3.05, 3.63) is 30.0 Å². The van der Waals surface area contributed by atoms with Crippen molar-refractivity contribution in [2.45, 2.75) is 45.6 Å². The first-order chi connectivity index (χ1) is 14.1. The molecule has 0 aliphatic heterocycles. The molecule has 1 aromatic heterocycles. The second-order valence-electron chi connectivity index (χ2n) is 7.07. The van der Waals surface area contributed by atoms with Gasteiger partial charge in [0.2, 0.25) is 0 Å². The smallest absolute Gasteiger partial charge is 0.341 e. The Morgan fingerprint density at radius 1 is 1.10 bits per heavy atom. The van der Waals surface area contributed by atoms with Crippen LogP contribution in [0.3, 0.4) is 0 Å². The number of aromatic nitrogens is 1. The Labute approximate surface area is 170 Å². The minimum absolute atomic E-state index is 0.0493. The summed E-state index contributed by atoms with van der Waals surface area (Å²) in [7, 11) is 1.60. The second kappa shape index (κ2) is 9.58. The van der Waals surface area contributed by atoms with Gasteiger partial charge in [-0.25, -0.2) is 4.79 Å². The minimum Gasteiger partial charge on any atom is -0.494 e. The van der Waals surface area contributed by atoms with Crippen LogP contribution in [0, 0.1) is 5.92 Å². The number of para-hydroxylation sites is 1. The molecule has 7 nitrogen and oxygen atoms in total. The molecule has 0 radical (unpaired) electrons. The van der Waals surface area contributed by atoms with Gasteiger partial charge in [0.05, 0.1) is 31.9 Å². The normalized spacial score (nSPS) is 18.9. The van der Waals surface area contributed by atoms with Crippen LogP contribution in [0.5, 0.6) is 5.75 Å². The van der Waals surface area contributed by atoms with Crippen molar-refractivity contribution in [2.75, 3.05) is 25.6 Å². The molecular weight excluding hydrogens is 372 g/mol. The number of carbonyl (C=O) groups is 2. The lowest BCUT2D eigenvalue weighted by molar-refractivity contribution is -0.149. The monoisotopic (exact) mass is 400 g/mol. The predicted octanol–water partition coefficient (Wildman–Crippen LogP) is 3.95. The van der Waals surface area contributed by atoms with Crippen LogP contribution in [-0.2, 0) is 14.3 Å². The first kappa shape index (κ1) is 20.9. The van der Waals surface area contributed by atoms with Gasteiger partial charge in [0, 0.05) is 17.6 Å². The van der Waals surface area contributed by atoms with E-state index in [1.54, 1.807) is 14.0 Å². The van der Waals surface area contributed by atoms with E-state index in [-0.39, 0.29) is 17.9 Å². The largest absolute Gasteiger partial charge is 0.494 e. The molecule has 0 spiro atoms. The molecule has 1 aliphatic rings. The third-order valence-electron chi connectivity index (χ3n) is 5.27. The zero-order chi connectivity index (χ0) is 20.8. The molecule has 0 amide bonds. The number of nitrogens with one attached hydrogen (secondary N) is 1. The Morgan fingerprint density at radius 2 is 1.83 bits per heavy atom. The molecule has 0 atom stereocenters. The van der Waals surface area contributed by atoms with Crippen LogP contribution >= 0.6 is 0 Å². The Morgan fingerprint density at radius 3 is 2.48 bits per heavy atom. The molecule has 3 rings (SSSR count). The number of carbonyl (C=O) groups excluding carboxylic acids is 2. The zero-order valence-electron chi connectivity index (χ0n) is 17.2. The maximum Gasteiger partial charge on any atom is 0.341 e. The van der Waals surface area contributed by atoms with Crippen molar-refractivity contribution in [1.29, 1.82) is 0 Å². The SMILES string of the molecule is CCOC(=O)c1cnc2c(OC)cccc2c1N[C@H]1CC[C@H](C(=O)OCC)CC1. The molecule has 1 aromatic carbocycles. The fourth-order valence-electron chi connectivity index (χ4n) is 3.82. The van der Waals surface area contributed by atoms with Crippen LogP contribution in [0.25, 0.3) is 10.9 Å². The van der Waals surface area contributed by atoms with Crippen molar-refractivity contribution in [2.24, 2.45) is 5.92 Å². The summed E-state index contributed by atoms with van der Waals surface area (Å²) < 4.78 is 15.8. The minimum atomic E-state index is -0.410. The molecule has 1 fully saturated rings. The first-order valence-corrected chi connectivity index (χ1v) is 10.1. The Bertz CT molecular complexity index is 875. The standard InChI is InChI=1S/C22H28N2O5/c1-4-28-21(25)14-9-11-15(12-10-14)24-19-16-7-6-8-18(27-3)20(16)23-13-17(19)22(26)29-5-2/h6-8,13-15H,4-5,9-12H2,1-3H3,(H,23,24)/t14-,15-. The van der Waals surface area contributed by atoms with Gasteiger partial charge in [-0.1, -0.05) is 12.1 Å². The van der Waals surface area contributed by atoms with Crippen molar-refractivity contribution in [3.8, 4) is 5.75 Å². The van der Waals surface area contributed by atoms with E-state index in [2.05, 4.69) is 10.3 Å². The lowest BCUT2D eigenvalue weighted by atomic mass is 9.86. The first-order valence-electron chi connectivity index (χ1n) is 10.1. The van der Waals surface area contributed by atoms with Gasteiger partial charge in [-0.15, -0.1) is 0 Å². The van der Waals surface area contributed by atoms with Gasteiger partial charge in [-0.2, -0.15) is 0 Å². The van der Waals surface area contributed by atoms with E-state index >= 15 is 0 Å². The van der Waals surface area contributed by atoms with E-state index in [0.717, 1.165) is 31.1 Å². The third-order valence-corrected chi connectivity index (χ3v) is 5.27. The highest BCUT2D eigenvalue weighted by molar-refractivity contribution is 6.06. The van der Waals surface area contributed by atoms with E-state index in [4.69, 9.17) is 14.2 Å². The number of anilines is 1. The summed E-state index contributed by atoms with van der Waals surface area (Å²) in [5.41, 5.74) is 1.79. The number of ether oxygens (including phenoxy) is 3. The van der Waals surface area contributed by atoms with Crippen LogP contribution in [0.4, 0.5) is 5.69 Å². The average molecular weight is 400 g/mol. The number of pyridine rings is 1. The fourth-order valence-corrected chi connectivity index (χ4v) is 3.82. The Hall–Kier alpha value is -2.83. The molecule has 156 valence electrons. The molecule has 0 saturated heterocycles. The maximum atomic E-state index is 12.5. The van der Waals surface area contributed by atoms with Gasteiger partial charge in [0.15, 0.2) is 0 Å². The van der Waals surface area contributed by atoms with Crippen LogP contribution in [0.1, 0.15) is 49.9 Å². The van der Waals surface area contributed by atoms with Crippen molar-refractivity contribution < 1.29 is 23.8 Å². The Kier molecular flexibility index (Phi) is 6.90. The number of hydrogen-bond acceptors (Lipinski definition) is 7. The molecule has 2 aromatic rings. The van der Waals surface area contributed by atoms with Crippen LogP contribution in [0.15, 0.2) is 24.4 Å². The Balaban J connectivity index is 1.88. The number of hydrogen-bond donors (Lipinski definition) is 1. The van der Waals surface area contributed by atoms with E-state index in [0.29, 0.717) is 35.7 Å². The summed E-state index contributed by atoms with van der Waals surface area (Å²) in [6, 6.07) is 5.78. The van der Waals surface area contributed by atoms with E-state index in [9.17, 15) is 9.59 Å². The van der Waals surface area contributed by atoms with Crippen molar-refractivity contribution in [3.63, 3.8) is 0 Å². The topological polar surface area (TPSA) is 86.8 Å². The van der Waals surface area contributed by atoms with E-state index in [1.165, 1.54) is 6.20 Å².